The van der Waals surface area contributed by atoms with Crippen molar-refractivity contribution in [2.75, 3.05) is 26.2 Å². The van der Waals surface area contributed by atoms with E-state index in [9.17, 15) is 0 Å². The molecule has 6 rings (SSSR count). The van der Waals surface area contributed by atoms with Gasteiger partial charge >= 0.3 is 0 Å². The SMILES string of the molecule is CCn1ncc(CN2CCN(C34CC5CC(CC(C5)C3)C4)CC2)c1C. The maximum Gasteiger partial charge on any atom is 0.0537 e. The summed E-state index contributed by atoms with van der Waals surface area (Å²) >= 11 is 0. The monoisotopic (exact) mass is 342 g/mol. The molecule has 0 aromatic carbocycles. The van der Waals surface area contributed by atoms with Crippen molar-refractivity contribution in [2.24, 2.45) is 17.8 Å². The van der Waals surface area contributed by atoms with E-state index < -0.39 is 0 Å². The lowest BCUT2D eigenvalue weighted by Crippen LogP contribution is -2.63. The van der Waals surface area contributed by atoms with Gasteiger partial charge in [0.25, 0.3) is 0 Å². The number of aromatic nitrogens is 2. The Morgan fingerprint density at radius 1 is 1.00 bits per heavy atom. The molecule has 4 bridgehead atoms. The first-order valence-electron chi connectivity index (χ1n) is 10.6. The van der Waals surface area contributed by atoms with Crippen molar-refractivity contribution in [3.63, 3.8) is 0 Å². The molecule has 4 heteroatoms. The first-order chi connectivity index (χ1) is 12.1. The molecule has 1 aliphatic heterocycles. The molecular weight excluding hydrogens is 308 g/mol. The lowest BCUT2D eigenvalue weighted by Gasteiger charge is -2.61. The molecule has 1 aromatic rings. The van der Waals surface area contributed by atoms with Gasteiger partial charge in [-0.2, -0.15) is 5.10 Å². The quantitative estimate of drug-likeness (QED) is 0.839. The average molecular weight is 343 g/mol. The van der Waals surface area contributed by atoms with Crippen molar-refractivity contribution in [3.8, 4) is 0 Å². The van der Waals surface area contributed by atoms with Crippen LogP contribution in [0.25, 0.3) is 0 Å². The molecule has 0 unspecified atom stereocenters. The molecule has 2 heterocycles. The van der Waals surface area contributed by atoms with E-state index in [0.717, 1.165) is 30.8 Å². The minimum Gasteiger partial charge on any atom is -0.296 e. The fourth-order valence-electron chi connectivity index (χ4n) is 7.03. The zero-order valence-corrected chi connectivity index (χ0v) is 16.1. The van der Waals surface area contributed by atoms with E-state index in [4.69, 9.17) is 0 Å². The van der Waals surface area contributed by atoms with Gasteiger partial charge in [-0.1, -0.05) is 0 Å². The third-order valence-electron chi connectivity index (χ3n) is 7.95. The fourth-order valence-corrected chi connectivity index (χ4v) is 7.03. The van der Waals surface area contributed by atoms with Crippen LogP contribution in [0.5, 0.6) is 0 Å². The second-order valence-electron chi connectivity index (χ2n) is 9.48. The second-order valence-corrected chi connectivity index (χ2v) is 9.48. The van der Waals surface area contributed by atoms with Gasteiger partial charge in [-0.3, -0.25) is 14.5 Å². The molecule has 138 valence electrons. The van der Waals surface area contributed by atoms with Crippen LogP contribution in [0.2, 0.25) is 0 Å². The van der Waals surface area contributed by atoms with Crippen molar-refractivity contribution in [1.82, 2.24) is 19.6 Å². The normalized spacial score (nSPS) is 38.6. The molecule has 4 aliphatic carbocycles. The van der Waals surface area contributed by atoms with Crippen LogP contribution in [0.1, 0.15) is 56.7 Å². The van der Waals surface area contributed by atoms with Gasteiger partial charge in [0.2, 0.25) is 0 Å². The summed E-state index contributed by atoms with van der Waals surface area (Å²) in [5.41, 5.74) is 3.38. The van der Waals surface area contributed by atoms with Crippen molar-refractivity contribution in [2.45, 2.75) is 71.0 Å². The molecule has 4 nitrogen and oxygen atoms in total. The highest BCUT2D eigenvalue weighted by Crippen LogP contribution is 2.57. The van der Waals surface area contributed by atoms with Crippen molar-refractivity contribution < 1.29 is 0 Å². The predicted molar refractivity (Wildman–Crippen MR) is 100 cm³/mol. The Balaban J connectivity index is 1.22. The Hall–Kier alpha value is -0.870. The van der Waals surface area contributed by atoms with Crippen LogP contribution in [0.15, 0.2) is 6.20 Å². The number of rotatable bonds is 4. The molecule has 1 aromatic heterocycles. The standard InChI is InChI=1S/C21H34N4/c1-3-25-16(2)20(14-22-25)15-23-4-6-24(7-5-23)21-11-17-8-18(12-21)10-19(9-17)13-21/h14,17-19H,3-13,15H2,1-2H3. The average Bonchev–Trinajstić information content (AvgIpc) is 2.94. The number of aryl methyl sites for hydroxylation is 1. The van der Waals surface area contributed by atoms with Gasteiger partial charge in [0.1, 0.15) is 0 Å². The molecule has 5 fully saturated rings. The third kappa shape index (κ3) is 2.76. The predicted octanol–water partition coefficient (Wildman–Crippen LogP) is 3.30. The first-order valence-corrected chi connectivity index (χ1v) is 10.6. The molecular formula is C21H34N4. The van der Waals surface area contributed by atoms with Crippen LogP contribution in [-0.4, -0.2) is 51.3 Å². The molecule has 4 saturated carbocycles. The van der Waals surface area contributed by atoms with Gasteiger partial charge in [-0.25, -0.2) is 0 Å². The summed E-state index contributed by atoms with van der Waals surface area (Å²) in [6.45, 7) is 11.5. The van der Waals surface area contributed by atoms with Crippen LogP contribution in [0, 0.1) is 24.7 Å². The van der Waals surface area contributed by atoms with Crippen molar-refractivity contribution in [1.29, 1.82) is 0 Å². The maximum atomic E-state index is 4.52. The summed E-state index contributed by atoms with van der Waals surface area (Å²) in [5.74, 6) is 3.19. The largest absolute Gasteiger partial charge is 0.296 e. The number of piperazine rings is 1. The van der Waals surface area contributed by atoms with Crippen LogP contribution in [0.4, 0.5) is 0 Å². The number of hydrogen-bond acceptors (Lipinski definition) is 3. The van der Waals surface area contributed by atoms with E-state index in [0.29, 0.717) is 5.54 Å². The smallest absolute Gasteiger partial charge is 0.0537 e. The Morgan fingerprint density at radius 2 is 1.60 bits per heavy atom. The van der Waals surface area contributed by atoms with E-state index in [2.05, 4.69) is 39.6 Å². The van der Waals surface area contributed by atoms with Gasteiger partial charge in [0.05, 0.1) is 6.20 Å². The zero-order chi connectivity index (χ0) is 17.0. The van der Waals surface area contributed by atoms with E-state index >= 15 is 0 Å². The van der Waals surface area contributed by atoms with Crippen LogP contribution in [-0.2, 0) is 13.1 Å². The molecule has 0 spiro atoms. The number of nitrogens with zero attached hydrogens (tertiary/aromatic N) is 4. The van der Waals surface area contributed by atoms with Gasteiger partial charge < -0.3 is 0 Å². The van der Waals surface area contributed by atoms with E-state index in [1.54, 1.807) is 19.3 Å². The Bertz CT molecular complexity index is 591. The zero-order valence-electron chi connectivity index (χ0n) is 16.1. The molecule has 5 aliphatic rings. The lowest BCUT2D eigenvalue weighted by atomic mass is 9.52. The van der Waals surface area contributed by atoms with E-state index in [1.807, 2.05) is 0 Å². The highest BCUT2D eigenvalue weighted by atomic mass is 15.3. The fraction of sp³-hybridized carbons (Fsp3) is 0.857. The Labute approximate surface area is 152 Å². The molecule has 0 amide bonds. The van der Waals surface area contributed by atoms with Gasteiger partial charge in [0.15, 0.2) is 0 Å². The number of hydrogen-bond donors (Lipinski definition) is 0. The van der Waals surface area contributed by atoms with Gasteiger partial charge in [-0.05, 0) is 70.1 Å². The van der Waals surface area contributed by atoms with E-state index in [1.165, 1.54) is 56.7 Å². The Kier molecular flexibility index (Phi) is 3.97. The highest BCUT2D eigenvalue weighted by molar-refractivity contribution is 5.16. The first kappa shape index (κ1) is 16.3. The van der Waals surface area contributed by atoms with Crippen LogP contribution in [0.3, 0.4) is 0 Å². The van der Waals surface area contributed by atoms with Crippen molar-refractivity contribution in [3.05, 3.63) is 17.5 Å². The molecule has 0 atom stereocenters. The van der Waals surface area contributed by atoms with Gasteiger partial charge in [0, 0.05) is 56.1 Å². The summed E-state index contributed by atoms with van der Waals surface area (Å²) in [7, 11) is 0. The summed E-state index contributed by atoms with van der Waals surface area (Å²) < 4.78 is 2.13. The lowest BCUT2D eigenvalue weighted by molar-refractivity contribution is -0.101. The molecule has 25 heavy (non-hydrogen) atoms. The minimum atomic E-state index is 0.601. The molecule has 0 N–H and O–H groups in total. The summed E-state index contributed by atoms with van der Waals surface area (Å²) in [6, 6.07) is 0. The van der Waals surface area contributed by atoms with Gasteiger partial charge in [-0.15, -0.1) is 0 Å². The molecule has 0 radical (unpaired) electrons. The Morgan fingerprint density at radius 3 is 2.12 bits per heavy atom. The maximum absolute atomic E-state index is 4.52. The van der Waals surface area contributed by atoms with E-state index in [-0.39, 0.29) is 0 Å². The minimum absolute atomic E-state index is 0.601. The van der Waals surface area contributed by atoms with Crippen LogP contribution >= 0.6 is 0 Å². The summed E-state index contributed by atoms with van der Waals surface area (Å²) in [5, 5.41) is 4.52. The second kappa shape index (κ2) is 6.09. The summed E-state index contributed by atoms with van der Waals surface area (Å²) in [4.78, 5) is 5.58. The van der Waals surface area contributed by atoms with Crippen LogP contribution < -0.4 is 0 Å². The van der Waals surface area contributed by atoms with Crippen molar-refractivity contribution >= 4 is 0 Å². The summed E-state index contributed by atoms with van der Waals surface area (Å²) in [6.07, 6.45) is 11.3. The topological polar surface area (TPSA) is 24.3 Å². The highest BCUT2D eigenvalue weighted by Gasteiger charge is 2.53. The molecule has 1 saturated heterocycles. The third-order valence-corrected chi connectivity index (χ3v) is 7.95.